The summed E-state index contributed by atoms with van der Waals surface area (Å²) in [5.74, 6) is 0.605. The van der Waals surface area contributed by atoms with E-state index in [0.29, 0.717) is 42.3 Å². The van der Waals surface area contributed by atoms with Crippen LogP contribution in [0.15, 0.2) is 48.5 Å². The maximum atomic E-state index is 12.4. The second kappa shape index (κ2) is 7.78. The van der Waals surface area contributed by atoms with Gasteiger partial charge in [-0.1, -0.05) is 6.07 Å². The Morgan fingerprint density at radius 3 is 2.62 bits per heavy atom. The van der Waals surface area contributed by atoms with Crippen LogP contribution >= 0.6 is 0 Å². The Labute approximate surface area is 153 Å². The van der Waals surface area contributed by atoms with E-state index in [0.717, 1.165) is 6.42 Å². The molecule has 3 rings (SSSR count). The van der Waals surface area contributed by atoms with Crippen molar-refractivity contribution in [1.82, 2.24) is 0 Å². The Morgan fingerprint density at radius 1 is 1.15 bits per heavy atom. The Hall–Kier alpha value is -2.54. The van der Waals surface area contributed by atoms with E-state index < -0.39 is 10.0 Å². The number of hydrogen-bond donors (Lipinski definition) is 1. The maximum absolute atomic E-state index is 12.4. The monoisotopic (exact) mass is 374 g/mol. The molecule has 0 aromatic heterocycles. The van der Waals surface area contributed by atoms with Crippen molar-refractivity contribution in [1.29, 1.82) is 0 Å². The van der Waals surface area contributed by atoms with Gasteiger partial charge in [-0.3, -0.25) is 9.10 Å². The van der Waals surface area contributed by atoms with E-state index in [9.17, 15) is 13.2 Å². The maximum Gasteiger partial charge on any atom is 0.255 e. The van der Waals surface area contributed by atoms with Crippen molar-refractivity contribution in [2.75, 3.05) is 28.5 Å². The van der Waals surface area contributed by atoms with Gasteiger partial charge in [-0.15, -0.1) is 0 Å². The molecule has 138 valence electrons. The zero-order chi connectivity index (χ0) is 18.6. The second-order valence-corrected chi connectivity index (χ2v) is 8.07. The summed E-state index contributed by atoms with van der Waals surface area (Å²) in [6, 6.07) is 13.8. The van der Waals surface area contributed by atoms with Crippen molar-refractivity contribution in [3.63, 3.8) is 0 Å². The molecule has 6 nitrogen and oxygen atoms in total. The Bertz CT molecular complexity index is 879. The summed E-state index contributed by atoms with van der Waals surface area (Å²) in [5, 5.41) is 2.82. The second-order valence-electron chi connectivity index (χ2n) is 6.06. The van der Waals surface area contributed by atoms with Crippen LogP contribution in [0.5, 0.6) is 5.75 Å². The van der Waals surface area contributed by atoms with Gasteiger partial charge < -0.3 is 10.1 Å². The molecule has 2 aromatic rings. The Balaban J connectivity index is 1.72. The predicted molar refractivity (Wildman–Crippen MR) is 102 cm³/mol. The third-order valence-corrected chi connectivity index (χ3v) is 6.04. The van der Waals surface area contributed by atoms with Crippen molar-refractivity contribution < 1.29 is 17.9 Å². The van der Waals surface area contributed by atoms with Gasteiger partial charge in [0.05, 0.1) is 18.0 Å². The van der Waals surface area contributed by atoms with Crippen LogP contribution in [-0.2, 0) is 10.0 Å². The van der Waals surface area contributed by atoms with E-state index in [1.165, 1.54) is 4.31 Å². The molecular formula is C19H22N2O4S. The largest absolute Gasteiger partial charge is 0.494 e. The molecule has 0 bridgehead atoms. The number of hydrogen-bond acceptors (Lipinski definition) is 4. The summed E-state index contributed by atoms with van der Waals surface area (Å²) in [7, 11) is -3.25. The van der Waals surface area contributed by atoms with Gasteiger partial charge in [0.25, 0.3) is 5.91 Å². The normalized spacial score (nSPS) is 16.1. The number of nitrogens with zero attached hydrogens (tertiary/aromatic N) is 1. The SMILES string of the molecule is CCOc1cccc(NC(=O)c2ccc(N3CCCCS3(=O)=O)cc2)c1. The van der Waals surface area contributed by atoms with Crippen LogP contribution in [0.2, 0.25) is 0 Å². The summed E-state index contributed by atoms with van der Waals surface area (Å²) in [4.78, 5) is 12.4. The number of rotatable bonds is 5. The van der Waals surface area contributed by atoms with E-state index in [4.69, 9.17) is 4.74 Å². The molecule has 1 heterocycles. The lowest BCUT2D eigenvalue weighted by molar-refractivity contribution is 0.102. The van der Waals surface area contributed by atoms with Crippen molar-refractivity contribution in [2.45, 2.75) is 19.8 Å². The lowest BCUT2D eigenvalue weighted by Crippen LogP contribution is -2.37. The van der Waals surface area contributed by atoms with Crippen LogP contribution in [0.3, 0.4) is 0 Å². The molecule has 2 aromatic carbocycles. The highest BCUT2D eigenvalue weighted by molar-refractivity contribution is 7.92. The first-order valence-corrected chi connectivity index (χ1v) is 10.3. The van der Waals surface area contributed by atoms with Gasteiger partial charge >= 0.3 is 0 Å². The fraction of sp³-hybridized carbons (Fsp3) is 0.316. The molecule has 26 heavy (non-hydrogen) atoms. The fourth-order valence-corrected chi connectivity index (χ4v) is 4.53. The summed E-state index contributed by atoms with van der Waals surface area (Å²) < 4.78 is 31.2. The summed E-state index contributed by atoms with van der Waals surface area (Å²) in [5.41, 5.74) is 1.70. The van der Waals surface area contributed by atoms with E-state index in [2.05, 4.69) is 5.32 Å². The fourth-order valence-electron chi connectivity index (χ4n) is 2.89. The lowest BCUT2D eigenvalue weighted by atomic mass is 10.2. The zero-order valence-corrected chi connectivity index (χ0v) is 15.5. The number of amides is 1. The molecule has 1 aliphatic rings. The molecule has 0 saturated carbocycles. The number of ether oxygens (including phenoxy) is 1. The highest BCUT2D eigenvalue weighted by Crippen LogP contribution is 2.24. The molecule has 1 saturated heterocycles. The van der Waals surface area contributed by atoms with Gasteiger partial charge in [-0.05, 0) is 56.2 Å². The van der Waals surface area contributed by atoms with Crippen molar-refractivity contribution in [2.24, 2.45) is 0 Å². The van der Waals surface area contributed by atoms with Gasteiger partial charge in [-0.25, -0.2) is 8.42 Å². The third-order valence-electron chi connectivity index (χ3n) is 4.17. The zero-order valence-electron chi connectivity index (χ0n) is 14.6. The van der Waals surface area contributed by atoms with Crippen molar-refractivity contribution in [3.8, 4) is 5.75 Å². The molecule has 1 N–H and O–H groups in total. The minimum Gasteiger partial charge on any atom is -0.494 e. The van der Waals surface area contributed by atoms with Crippen molar-refractivity contribution >= 4 is 27.3 Å². The van der Waals surface area contributed by atoms with Gasteiger partial charge in [0.2, 0.25) is 10.0 Å². The third kappa shape index (κ3) is 4.16. The van der Waals surface area contributed by atoms with Crippen molar-refractivity contribution in [3.05, 3.63) is 54.1 Å². The van der Waals surface area contributed by atoms with E-state index in [1.54, 1.807) is 36.4 Å². The summed E-state index contributed by atoms with van der Waals surface area (Å²) >= 11 is 0. The molecule has 1 amide bonds. The first kappa shape index (κ1) is 18.3. The van der Waals surface area contributed by atoms with Crippen LogP contribution in [0.4, 0.5) is 11.4 Å². The molecule has 1 fully saturated rings. The minimum absolute atomic E-state index is 0.172. The number of anilines is 2. The smallest absolute Gasteiger partial charge is 0.255 e. The minimum atomic E-state index is -3.25. The number of carbonyl (C=O) groups is 1. The molecule has 0 radical (unpaired) electrons. The lowest BCUT2D eigenvalue weighted by Gasteiger charge is -2.28. The van der Waals surface area contributed by atoms with E-state index >= 15 is 0 Å². The summed E-state index contributed by atoms with van der Waals surface area (Å²) in [6.07, 6.45) is 1.54. The standard InChI is InChI=1S/C19H22N2O4S/c1-2-25-18-7-5-6-16(14-18)20-19(22)15-8-10-17(11-9-15)21-12-3-4-13-26(21,23)24/h5-11,14H,2-4,12-13H2,1H3,(H,20,22). The number of sulfonamides is 1. The highest BCUT2D eigenvalue weighted by atomic mass is 32.2. The van der Waals surface area contributed by atoms with E-state index in [-0.39, 0.29) is 11.7 Å². The molecule has 7 heteroatoms. The van der Waals surface area contributed by atoms with Crippen LogP contribution in [0.1, 0.15) is 30.1 Å². The number of benzene rings is 2. The average molecular weight is 374 g/mol. The van der Waals surface area contributed by atoms with E-state index in [1.807, 2.05) is 19.1 Å². The summed E-state index contributed by atoms with van der Waals surface area (Å²) in [6.45, 7) is 2.94. The Morgan fingerprint density at radius 2 is 1.92 bits per heavy atom. The van der Waals surface area contributed by atoms with Gasteiger partial charge in [0, 0.05) is 23.9 Å². The van der Waals surface area contributed by atoms with Gasteiger partial charge in [0.1, 0.15) is 5.75 Å². The number of nitrogens with one attached hydrogen (secondary N) is 1. The average Bonchev–Trinajstić information content (AvgIpc) is 2.62. The van der Waals surface area contributed by atoms with Gasteiger partial charge in [0.15, 0.2) is 0 Å². The van der Waals surface area contributed by atoms with Gasteiger partial charge in [-0.2, -0.15) is 0 Å². The highest BCUT2D eigenvalue weighted by Gasteiger charge is 2.25. The first-order valence-electron chi connectivity index (χ1n) is 8.64. The predicted octanol–water partition coefficient (Wildman–Crippen LogP) is 3.27. The van der Waals surface area contributed by atoms with Crippen LogP contribution in [-0.4, -0.2) is 33.2 Å². The molecule has 0 spiro atoms. The quantitative estimate of drug-likeness (QED) is 0.871. The number of carbonyl (C=O) groups excluding carboxylic acids is 1. The Kier molecular flexibility index (Phi) is 5.46. The molecular weight excluding hydrogens is 352 g/mol. The molecule has 0 unspecified atom stereocenters. The topological polar surface area (TPSA) is 75.7 Å². The van der Waals surface area contributed by atoms with Crippen LogP contribution in [0, 0.1) is 0 Å². The first-order chi connectivity index (χ1) is 12.5. The van der Waals surface area contributed by atoms with Crippen LogP contribution < -0.4 is 14.4 Å². The molecule has 0 aliphatic carbocycles. The molecule has 1 aliphatic heterocycles. The molecule has 0 atom stereocenters. The van der Waals surface area contributed by atoms with Crippen LogP contribution in [0.25, 0.3) is 0 Å².